The van der Waals surface area contributed by atoms with E-state index < -0.39 is 0 Å². The van der Waals surface area contributed by atoms with E-state index in [0.29, 0.717) is 5.82 Å². The molecular formula is C54H34N2O. The van der Waals surface area contributed by atoms with Gasteiger partial charge in [-0.3, -0.25) is 0 Å². The predicted molar refractivity (Wildman–Crippen MR) is 237 cm³/mol. The molecule has 0 aliphatic rings. The molecule has 0 saturated carbocycles. The highest BCUT2D eigenvalue weighted by molar-refractivity contribution is 6.14. The Labute approximate surface area is 330 Å². The summed E-state index contributed by atoms with van der Waals surface area (Å²) >= 11 is 0. The SMILES string of the molecule is c1ccc(-c2cc(-c3cc(-c4cccc(-c5cc6ccccc6c6ccccc56)c4)cc(-c4ccc5oc6ccccc6c5c4)c3)nc(-c3ccccc3)n2)cc1. The molecule has 0 amide bonds. The van der Waals surface area contributed by atoms with Crippen LogP contribution in [0, 0.1) is 0 Å². The number of hydrogen-bond donors (Lipinski definition) is 0. The van der Waals surface area contributed by atoms with E-state index in [4.69, 9.17) is 14.4 Å². The summed E-state index contributed by atoms with van der Waals surface area (Å²) in [4.78, 5) is 10.3. The molecule has 11 rings (SSSR count). The van der Waals surface area contributed by atoms with Gasteiger partial charge in [-0.1, -0.05) is 152 Å². The van der Waals surface area contributed by atoms with Crippen LogP contribution in [0.15, 0.2) is 211 Å². The van der Waals surface area contributed by atoms with E-state index in [1.54, 1.807) is 0 Å². The second kappa shape index (κ2) is 13.6. The van der Waals surface area contributed by atoms with Gasteiger partial charge in [0.05, 0.1) is 11.4 Å². The third-order valence-electron chi connectivity index (χ3n) is 11.0. The number of nitrogens with zero attached hydrogens (tertiary/aromatic N) is 2. The van der Waals surface area contributed by atoms with E-state index in [-0.39, 0.29) is 0 Å². The van der Waals surface area contributed by atoms with Gasteiger partial charge < -0.3 is 4.42 Å². The Bertz CT molecular complexity index is 3230. The Kier molecular flexibility index (Phi) is 7.82. The number of hydrogen-bond acceptors (Lipinski definition) is 3. The molecule has 0 aliphatic heterocycles. The summed E-state index contributed by atoms with van der Waals surface area (Å²) in [7, 11) is 0. The summed E-state index contributed by atoms with van der Waals surface area (Å²) in [6.45, 7) is 0. The first kappa shape index (κ1) is 32.8. The zero-order valence-corrected chi connectivity index (χ0v) is 30.9. The fraction of sp³-hybridized carbons (Fsp3) is 0. The van der Waals surface area contributed by atoms with E-state index >= 15 is 0 Å². The van der Waals surface area contributed by atoms with Crippen molar-refractivity contribution in [2.75, 3.05) is 0 Å². The fourth-order valence-electron chi connectivity index (χ4n) is 8.24. The van der Waals surface area contributed by atoms with Gasteiger partial charge in [0.15, 0.2) is 5.82 Å². The maximum absolute atomic E-state index is 6.24. The molecule has 3 heteroatoms. The molecule has 3 nitrogen and oxygen atoms in total. The number of rotatable bonds is 6. The first-order valence-corrected chi connectivity index (χ1v) is 19.3. The van der Waals surface area contributed by atoms with E-state index in [1.807, 2.05) is 36.4 Å². The van der Waals surface area contributed by atoms with Crippen LogP contribution in [0.1, 0.15) is 0 Å². The molecule has 0 atom stereocenters. The summed E-state index contributed by atoms with van der Waals surface area (Å²) < 4.78 is 6.24. The van der Waals surface area contributed by atoms with Gasteiger partial charge >= 0.3 is 0 Å². The average molecular weight is 727 g/mol. The predicted octanol–water partition coefficient (Wildman–Crippen LogP) is 14.7. The zero-order chi connectivity index (χ0) is 37.7. The highest BCUT2D eigenvalue weighted by Crippen LogP contribution is 2.40. The van der Waals surface area contributed by atoms with Gasteiger partial charge in [0.25, 0.3) is 0 Å². The Morgan fingerprint density at radius 1 is 0.281 bits per heavy atom. The largest absolute Gasteiger partial charge is 0.456 e. The van der Waals surface area contributed by atoms with Crippen LogP contribution < -0.4 is 0 Å². The van der Waals surface area contributed by atoms with Gasteiger partial charge in [0.1, 0.15) is 11.2 Å². The van der Waals surface area contributed by atoms with E-state index in [0.717, 1.165) is 72.3 Å². The molecule has 57 heavy (non-hydrogen) atoms. The molecule has 2 aromatic heterocycles. The zero-order valence-electron chi connectivity index (χ0n) is 30.9. The lowest BCUT2D eigenvalue weighted by Gasteiger charge is -2.15. The van der Waals surface area contributed by atoms with E-state index in [9.17, 15) is 0 Å². The Morgan fingerprint density at radius 3 is 1.61 bits per heavy atom. The van der Waals surface area contributed by atoms with Crippen molar-refractivity contribution in [3.05, 3.63) is 206 Å². The Hall–Kier alpha value is -7.62. The number of fused-ring (bicyclic) bond motifs is 6. The molecule has 0 spiro atoms. The summed E-state index contributed by atoms with van der Waals surface area (Å²) in [5, 5.41) is 7.20. The van der Waals surface area contributed by atoms with Crippen LogP contribution >= 0.6 is 0 Å². The third-order valence-corrected chi connectivity index (χ3v) is 11.0. The van der Waals surface area contributed by atoms with Crippen LogP contribution in [0.25, 0.3) is 111 Å². The fourth-order valence-corrected chi connectivity index (χ4v) is 8.24. The monoisotopic (exact) mass is 726 g/mol. The second-order valence-corrected chi connectivity index (χ2v) is 14.6. The van der Waals surface area contributed by atoms with Crippen molar-refractivity contribution in [2.24, 2.45) is 0 Å². The molecule has 0 N–H and O–H groups in total. The normalized spacial score (nSPS) is 11.5. The number of para-hydroxylation sites is 1. The van der Waals surface area contributed by atoms with Gasteiger partial charge in [-0.25, -0.2) is 9.97 Å². The second-order valence-electron chi connectivity index (χ2n) is 14.6. The first-order chi connectivity index (χ1) is 28.2. The number of furan rings is 1. The van der Waals surface area contributed by atoms with Gasteiger partial charge in [-0.2, -0.15) is 0 Å². The summed E-state index contributed by atoms with van der Waals surface area (Å²) in [5.41, 5.74) is 13.4. The molecule has 0 aliphatic carbocycles. The van der Waals surface area contributed by atoms with Crippen molar-refractivity contribution in [3.8, 4) is 67.3 Å². The van der Waals surface area contributed by atoms with E-state index in [1.165, 1.54) is 32.7 Å². The van der Waals surface area contributed by atoms with Gasteiger partial charge in [0.2, 0.25) is 0 Å². The molecule has 266 valence electrons. The molecule has 0 radical (unpaired) electrons. The Morgan fingerprint density at radius 2 is 0.825 bits per heavy atom. The van der Waals surface area contributed by atoms with Crippen LogP contribution in [0.3, 0.4) is 0 Å². The molecule has 0 bridgehead atoms. The van der Waals surface area contributed by atoms with Crippen molar-refractivity contribution < 1.29 is 4.42 Å². The molecule has 11 aromatic rings. The Balaban J connectivity index is 1.13. The van der Waals surface area contributed by atoms with Crippen LogP contribution in [-0.4, -0.2) is 9.97 Å². The first-order valence-electron chi connectivity index (χ1n) is 19.3. The standard InChI is InChI=1S/C54H34N2O/c1-3-14-35(15-4-1)50-34-51(56-54(55-50)36-16-5-2-6-17-36)43-30-41(29-42(31-43)38-26-27-53-49(32-38)47-24-11-12-25-52(47)57-53)37-19-13-20-39(28-37)48-33-40-18-7-8-21-44(40)45-22-9-10-23-46(45)48/h1-34H. The number of aromatic nitrogens is 2. The van der Waals surface area contributed by atoms with Crippen LogP contribution in [0.5, 0.6) is 0 Å². The summed E-state index contributed by atoms with van der Waals surface area (Å²) in [6.07, 6.45) is 0. The molecule has 0 saturated heterocycles. The van der Waals surface area contributed by atoms with E-state index in [2.05, 4.69) is 170 Å². The highest BCUT2D eigenvalue weighted by Gasteiger charge is 2.16. The van der Waals surface area contributed by atoms with Crippen LogP contribution in [0.4, 0.5) is 0 Å². The third kappa shape index (κ3) is 5.94. The number of benzene rings is 9. The summed E-state index contributed by atoms with van der Waals surface area (Å²) in [6, 6.07) is 73.0. The van der Waals surface area contributed by atoms with Crippen molar-refractivity contribution in [2.45, 2.75) is 0 Å². The maximum atomic E-state index is 6.24. The summed E-state index contributed by atoms with van der Waals surface area (Å²) in [5.74, 6) is 0.690. The van der Waals surface area contributed by atoms with Crippen LogP contribution in [0.2, 0.25) is 0 Å². The smallest absolute Gasteiger partial charge is 0.160 e. The molecular weight excluding hydrogens is 693 g/mol. The lowest BCUT2D eigenvalue weighted by molar-refractivity contribution is 0.669. The lowest BCUT2D eigenvalue weighted by atomic mass is 9.90. The van der Waals surface area contributed by atoms with Gasteiger partial charge in [0, 0.05) is 27.5 Å². The quantitative estimate of drug-likeness (QED) is 0.160. The van der Waals surface area contributed by atoms with Crippen molar-refractivity contribution in [3.63, 3.8) is 0 Å². The van der Waals surface area contributed by atoms with Gasteiger partial charge in [-0.05, 0) is 110 Å². The molecule has 2 heterocycles. The molecule has 0 unspecified atom stereocenters. The average Bonchev–Trinajstić information content (AvgIpc) is 3.67. The minimum absolute atomic E-state index is 0.690. The minimum atomic E-state index is 0.690. The molecule has 9 aromatic carbocycles. The van der Waals surface area contributed by atoms with Crippen molar-refractivity contribution >= 4 is 43.5 Å². The molecule has 0 fully saturated rings. The highest BCUT2D eigenvalue weighted by atomic mass is 16.3. The van der Waals surface area contributed by atoms with Crippen molar-refractivity contribution in [1.29, 1.82) is 0 Å². The lowest BCUT2D eigenvalue weighted by Crippen LogP contribution is -1.96. The van der Waals surface area contributed by atoms with Gasteiger partial charge in [-0.15, -0.1) is 0 Å². The topological polar surface area (TPSA) is 38.9 Å². The minimum Gasteiger partial charge on any atom is -0.456 e. The van der Waals surface area contributed by atoms with Crippen molar-refractivity contribution in [1.82, 2.24) is 9.97 Å². The maximum Gasteiger partial charge on any atom is 0.160 e. The van der Waals surface area contributed by atoms with Crippen LogP contribution in [-0.2, 0) is 0 Å².